The van der Waals surface area contributed by atoms with Crippen LogP contribution in [0.3, 0.4) is 0 Å². The number of nitrogens with zero attached hydrogens (tertiary/aromatic N) is 1. The molecule has 0 saturated carbocycles. The maximum absolute atomic E-state index is 12.7. The van der Waals surface area contributed by atoms with Crippen molar-refractivity contribution in [3.8, 4) is 0 Å². The van der Waals surface area contributed by atoms with Crippen molar-refractivity contribution in [2.24, 2.45) is 0 Å². The van der Waals surface area contributed by atoms with Crippen LogP contribution in [-0.4, -0.2) is 37.8 Å². The molecule has 1 aromatic rings. The first-order chi connectivity index (χ1) is 9.71. The molecule has 1 heterocycles. The van der Waals surface area contributed by atoms with E-state index in [0.717, 1.165) is 0 Å². The smallest absolute Gasteiger partial charge is 0.243 e. The Morgan fingerprint density at radius 1 is 1.48 bits per heavy atom. The van der Waals surface area contributed by atoms with Crippen LogP contribution in [0.15, 0.2) is 17.0 Å². The van der Waals surface area contributed by atoms with Gasteiger partial charge in [-0.15, -0.1) is 0 Å². The van der Waals surface area contributed by atoms with Crippen molar-refractivity contribution in [3.63, 3.8) is 0 Å². The highest BCUT2D eigenvalue weighted by Crippen LogP contribution is 2.29. The van der Waals surface area contributed by atoms with Crippen molar-refractivity contribution >= 4 is 33.2 Å². The highest BCUT2D eigenvalue weighted by molar-refractivity contribution is 7.89. The molecule has 0 spiro atoms. The maximum Gasteiger partial charge on any atom is 0.243 e. The van der Waals surface area contributed by atoms with E-state index in [-0.39, 0.29) is 29.1 Å². The zero-order valence-corrected chi connectivity index (χ0v) is 13.5. The molecule has 1 fully saturated rings. The van der Waals surface area contributed by atoms with Gasteiger partial charge < -0.3 is 11.1 Å². The molecule has 21 heavy (non-hydrogen) atoms. The molecule has 0 bridgehead atoms. The van der Waals surface area contributed by atoms with Crippen molar-refractivity contribution in [1.82, 2.24) is 9.62 Å². The Kier molecular flexibility index (Phi) is 4.46. The average molecular weight is 332 g/mol. The second-order valence-electron chi connectivity index (χ2n) is 5.19. The summed E-state index contributed by atoms with van der Waals surface area (Å²) in [5, 5.41) is 3.08. The number of nitrogen functional groups attached to an aromatic ring is 1. The molecule has 1 atom stereocenters. The minimum Gasteiger partial charge on any atom is -0.397 e. The largest absolute Gasteiger partial charge is 0.397 e. The summed E-state index contributed by atoms with van der Waals surface area (Å²) in [5.74, 6) is -0.161. The zero-order chi connectivity index (χ0) is 15.8. The van der Waals surface area contributed by atoms with Crippen molar-refractivity contribution < 1.29 is 13.2 Å². The van der Waals surface area contributed by atoms with E-state index in [4.69, 9.17) is 17.3 Å². The Bertz CT molecular complexity index is 675. The molecule has 116 valence electrons. The molecule has 6 nitrogen and oxygen atoms in total. The number of nitrogens with two attached hydrogens (primary N) is 1. The number of carbonyl (C=O) groups is 1. The number of anilines is 1. The standard InChI is InChI=1S/C13H18ClN3O3S/c1-8-5-11(14)12(15)6-13(8)21(19,20)17-4-3-10(7-17)16-9(2)18/h5-6,10H,3-4,7,15H2,1-2H3,(H,16,18). The summed E-state index contributed by atoms with van der Waals surface area (Å²) in [6.07, 6.45) is 0.598. The molecule has 1 aliphatic heterocycles. The average Bonchev–Trinajstić information content (AvgIpc) is 2.81. The van der Waals surface area contributed by atoms with Gasteiger partial charge in [0.2, 0.25) is 15.9 Å². The Morgan fingerprint density at radius 3 is 2.76 bits per heavy atom. The van der Waals surface area contributed by atoms with Gasteiger partial charge in [0.05, 0.1) is 15.6 Å². The molecule has 2 rings (SSSR count). The molecule has 1 aliphatic rings. The topological polar surface area (TPSA) is 92.5 Å². The van der Waals surface area contributed by atoms with E-state index in [1.54, 1.807) is 13.0 Å². The molecule has 8 heteroatoms. The van der Waals surface area contributed by atoms with Gasteiger partial charge in [0.1, 0.15) is 0 Å². The van der Waals surface area contributed by atoms with Gasteiger partial charge in [-0.3, -0.25) is 4.79 Å². The summed E-state index contributed by atoms with van der Waals surface area (Å²) in [7, 11) is -3.63. The van der Waals surface area contributed by atoms with E-state index in [2.05, 4.69) is 5.32 Å². The highest BCUT2D eigenvalue weighted by atomic mass is 35.5. The number of carbonyl (C=O) groups excluding carboxylic acids is 1. The Balaban J connectivity index is 2.28. The molecule has 1 amide bonds. The van der Waals surface area contributed by atoms with Crippen LogP contribution in [0.25, 0.3) is 0 Å². The van der Waals surface area contributed by atoms with Gasteiger partial charge in [-0.1, -0.05) is 11.6 Å². The fourth-order valence-corrected chi connectivity index (χ4v) is 4.40. The van der Waals surface area contributed by atoms with E-state index in [1.165, 1.54) is 17.3 Å². The van der Waals surface area contributed by atoms with E-state index in [9.17, 15) is 13.2 Å². The summed E-state index contributed by atoms with van der Waals surface area (Å²) in [4.78, 5) is 11.2. The SMILES string of the molecule is CC(=O)NC1CCN(S(=O)(=O)c2cc(N)c(Cl)cc2C)C1. The van der Waals surface area contributed by atoms with Crippen molar-refractivity contribution in [2.75, 3.05) is 18.8 Å². The second kappa shape index (κ2) is 5.82. The fourth-order valence-electron chi connectivity index (χ4n) is 2.44. The second-order valence-corrected chi connectivity index (χ2v) is 7.50. The Labute approximate surface area is 129 Å². The number of amides is 1. The molecular formula is C13H18ClN3O3S. The first-order valence-corrected chi connectivity index (χ1v) is 8.36. The van der Waals surface area contributed by atoms with Crippen LogP contribution in [0.5, 0.6) is 0 Å². The third-order valence-electron chi connectivity index (χ3n) is 3.47. The molecule has 0 aliphatic carbocycles. The maximum atomic E-state index is 12.7. The quantitative estimate of drug-likeness (QED) is 0.812. The monoisotopic (exact) mass is 331 g/mol. The van der Waals surface area contributed by atoms with Crippen molar-refractivity contribution in [1.29, 1.82) is 0 Å². The lowest BCUT2D eigenvalue weighted by Gasteiger charge is -2.19. The van der Waals surface area contributed by atoms with E-state index < -0.39 is 10.0 Å². The van der Waals surface area contributed by atoms with Crippen molar-refractivity contribution in [3.05, 3.63) is 22.7 Å². The summed E-state index contributed by atoms with van der Waals surface area (Å²) >= 11 is 5.90. The molecule has 1 saturated heterocycles. The van der Waals surface area contributed by atoms with E-state index in [0.29, 0.717) is 23.6 Å². The van der Waals surface area contributed by atoms with Crippen LogP contribution < -0.4 is 11.1 Å². The third kappa shape index (κ3) is 3.30. The van der Waals surface area contributed by atoms with Gasteiger partial charge in [0, 0.05) is 26.1 Å². The molecule has 0 radical (unpaired) electrons. The third-order valence-corrected chi connectivity index (χ3v) is 5.80. The first kappa shape index (κ1) is 16.1. The Hall–Kier alpha value is -1.31. The summed E-state index contributed by atoms with van der Waals surface area (Å²) in [5.41, 5.74) is 6.49. The number of hydrogen-bond donors (Lipinski definition) is 2. The summed E-state index contributed by atoms with van der Waals surface area (Å²) in [6.45, 7) is 3.74. The molecule has 3 N–H and O–H groups in total. The van der Waals surface area contributed by atoms with Gasteiger partial charge in [0.25, 0.3) is 0 Å². The van der Waals surface area contributed by atoms with Gasteiger partial charge in [0.15, 0.2) is 0 Å². The van der Waals surface area contributed by atoms with Gasteiger partial charge in [-0.05, 0) is 31.0 Å². The van der Waals surface area contributed by atoms with Crippen LogP contribution in [0.1, 0.15) is 18.9 Å². The van der Waals surface area contributed by atoms with E-state index in [1.807, 2.05) is 0 Å². The highest BCUT2D eigenvalue weighted by Gasteiger charge is 2.33. The number of halogens is 1. The van der Waals surface area contributed by atoms with Crippen LogP contribution >= 0.6 is 11.6 Å². The lowest BCUT2D eigenvalue weighted by molar-refractivity contribution is -0.119. The first-order valence-electron chi connectivity index (χ1n) is 6.54. The number of sulfonamides is 1. The lowest BCUT2D eigenvalue weighted by Crippen LogP contribution is -2.37. The number of aryl methyl sites for hydroxylation is 1. The van der Waals surface area contributed by atoms with Crippen LogP contribution in [0.4, 0.5) is 5.69 Å². The molecule has 0 aromatic heterocycles. The molecular weight excluding hydrogens is 314 g/mol. The van der Waals surface area contributed by atoms with Gasteiger partial charge in [-0.25, -0.2) is 8.42 Å². The van der Waals surface area contributed by atoms with E-state index >= 15 is 0 Å². The molecule has 1 unspecified atom stereocenters. The minimum atomic E-state index is -3.63. The Morgan fingerprint density at radius 2 is 2.14 bits per heavy atom. The summed E-state index contributed by atoms with van der Waals surface area (Å²) in [6, 6.07) is 2.78. The number of benzene rings is 1. The zero-order valence-electron chi connectivity index (χ0n) is 11.9. The van der Waals surface area contributed by atoms with Gasteiger partial charge in [-0.2, -0.15) is 4.31 Å². The number of nitrogens with one attached hydrogen (secondary N) is 1. The molecule has 1 aromatic carbocycles. The predicted molar refractivity (Wildman–Crippen MR) is 81.6 cm³/mol. The van der Waals surface area contributed by atoms with Gasteiger partial charge >= 0.3 is 0 Å². The number of rotatable bonds is 3. The number of hydrogen-bond acceptors (Lipinski definition) is 4. The van der Waals surface area contributed by atoms with Crippen molar-refractivity contribution in [2.45, 2.75) is 31.2 Å². The predicted octanol–water partition coefficient (Wildman–Crippen LogP) is 1.13. The fraction of sp³-hybridized carbons (Fsp3) is 0.462. The lowest BCUT2D eigenvalue weighted by atomic mass is 10.2. The van der Waals surface area contributed by atoms with Crippen LogP contribution in [0.2, 0.25) is 5.02 Å². The summed E-state index contributed by atoms with van der Waals surface area (Å²) < 4.78 is 26.7. The minimum absolute atomic E-state index is 0.151. The van der Waals surface area contributed by atoms with Crippen LogP contribution in [-0.2, 0) is 14.8 Å². The van der Waals surface area contributed by atoms with Crippen LogP contribution in [0, 0.1) is 6.92 Å². The normalized spacial score (nSPS) is 19.7.